The lowest BCUT2D eigenvalue weighted by molar-refractivity contribution is -0.117. The molecule has 1 heterocycles. The molecule has 0 fully saturated rings. The number of carbonyl (C=O) groups excluding carboxylic acids is 1. The maximum absolute atomic E-state index is 12.0. The van der Waals surface area contributed by atoms with Crippen LogP contribution < -0.4 is 19.9 Å². The van der Waals surface area contributed by atoms with Crippen molar-refractivity contribution in [1.29, 1.82) is 0 Å². The number of hydrogen-bond donors (Lipinski definition) is 1. The number of benzene rings is 2. The molecular formula is C19H18BrN3O5S. The number of halogens is 1. The highest BCUT2D eigenvalue weighted by atomic mass is 79.9. The molecule has 3 rings (SSSR count). The van der Waals surface area contributed by atoms with Crippen molar-refractivity contribution in [2.45, 2.75) is 10.5 Å². The van der Waals surface area contributed by atoms with Crippen LogP contribution in [0.2, 0.25) is 0 Å². The molecule has 2 N–H and O–H groups in total. The van der Waals surface area contributed by atoms with Crippen molar-refractivity contribution in [3.8, 4) is 28.7 Å². The highest BCUT2D eigenvalue weighted by Gasteiger charge is 2.24. The molecular weight excluding hydrogens is 462 g/mol. The van der Waals surface area contributed by atoms with E-state index >= 15 is 0 Å². The second-order valence-electron chi connectivity index (χ2n) is 5.74. The minimum absolute atomic E-state index is 0.206. The normalized spacial score (nSPS) is 11.7. The van der Waals surface area contributed by atoms with Crippen molar-refractivity contribution in [2.24, 2.45) is 5.73 Å². The number of rotatable bonds is 8. The second-order valence-corrected chi connectivity index (χ2v) is 7.71. The Balaban J connectivity index is 1.91. The number of primary amides is 1. The van der Waals surface area contributed by atoms with Gasteiger partial charge in [-0.3, -0.25) is 4.79 Å². The summed E-state index contributed by atoms with van der Waals surface area (Å²) >= 11 is 4.47. The van der Waals surface area contributed by atoms with Gasteiger partial charge in [-0.05, 0) is 41.6 Å². The van der Waals surface area contributed by atoms with Gasteiger partial charge < -0.3 is 24.4 Å². The van der Waals surface area contributed by atoms with Gasteiger partial charge in [0, 0.05) is 10.0 Å². The average molecular weight is 480 g/mol. The number of carbonyl (C=O) groups is 1. The van der Waals surface area contributed by atoms with Crippen molar-refractivity contribution in [3.05, 3.63) is 46.4 Å². The molecule has 10 heteroatoms. The Bertz CT molecular complexity index is 1000. The minimum Gasteiger partial charge on any atom is -0.493 e. The molecule has 3 aromatic rings. The monoisotopic (exact) mass is 479 g/mol. The first kappa shape index (κ1) is 21.0. The van der Waals surface area contributed by atoms with Crippen LogP contribution in [0.15, 0.2) is 50.5 Å². The summed E-state index contributed by atoms with van der Waals surface area (Å²) in [6, 6.07) is 10.7. The van der Waals surface area contributed by atoms with E-state index in [1.165, 1.54) is 21.3 Å². The lowest BCUT2D eigenvalue weighted by Gasteiger charge is -2.13. The molecule has 0 aliphatic carbocycles. The van der Waals surface area contributed by atoms with Gasteiger partial charge in [-0.2, -0.15) is 0 Å². The fourth-order valence-corrected chi connectivity index (χ4v) is 3.87. The standard InChI is InChI=1S/C19H18BrN3O5S/c1-25-13-8-11(9-14(26-2)15(13)27-3)18-22-23-19(28-18)29-16(17(21)24)10-5-4-6-12(20)7-10/h4-9,16H,1-3H3,(H2,21,24). The Morgan fingerprint density at radius 3 is 2.34 bits per heavy atom. The Labute approximate surface area is 179 Å². The van der Waals surface area contributed by atoms with Gasteiger partial charge in [0.1, 0.15) is 5.25 Å². The summed E-state index contributed by atoms with van der Waals surface area (Å²) in [7, 11) is 4.56. The van der Waals surface area contributed by atoms with E-state index in [0.717, 1.165) is 21.8 Å². The van der Waals surface area contributed by atoms with Crippen LogP contribution in [-0.4, -0.2) is 37.4 Å². The quantitative estimate of drug-likeness (QED) is 0.485. The number of nitrogens with zero attached hydrogens (tertiary/aromatic N) is 2. The average Bonchev–Trinajstić information content (AvgIpc) is 3.19. The van der Waals surface area contributed by atoms with Crippen LogP contribution in [0.4, 0.5) is 0 Å². The highest BCUT2D eigenvalue weighted by molar-refractivity contribution is 9.10. The van der Waals surface area contributed by atoms with Crippen molar-refractivity contribution < 1.29 is 23.4 Å². The lowest BCUT2D eigenvalue weighted by Crippen LogP contribution is -2.18. The Morgan fingerprint density at radius 2 is 1.79 bits per heavy atom. The first-order chi connectivity index (χ1) is 14.0. The zero-order valence-electron chi connectivity index (χ0n) is 15.8. The molecule has 0 aliphatic rings. The minimum atomic E-state index is -0.680. The van der Waals surface area contributed by atoms with Crippen LogP contribution >= 0.6 is 27.7 Å². The predicted molar refractivity (Wildman–Crippen MR) is 111 cm³/mol. The van der Waals surface area contributed by atoms with Crippen LogP contribution in [0.25, 0.3) is 11.5 Å². The predicted octanol–water partition coefficient (Wildman–Crippen LogP) is 3.84. The molecule has 2 aromatic carbocycles. The molecule has 1 aromatic heterocycles. The summed E-state index contributed by atoms with van der Waals surface area (Å²) in [6.45, 7) is 0. The largest absolute Gasteiger partial charge is 0.493 e. The second kappa shape index (κ2) is 9.19. The number of methoxy groups -OCH3 is 3. The molecule has 0 aliphatic heterocycles. The highest BCUT2D eigenvalue weighted by Crippen LogP contribution is 2.42. The maximum atomic E-state index is 12.0. The zero-order chi connectivity index (χ0) is 21.0. The molecule has 1 amide bonds. The van der Waals surface area contributed by atoms with E-state index in [4.69, 9.17) is 24.4 Å². The van der Waals surface area contributed by atoms with Crippen LogP contribution in [-0.2, 0) is 4.79 Å². The van der Waals surface area contributed by atoms with Gasteiger partial charge in [-0.1, -0.05) is 28.1 Å². The van der Waals surface area contributed by atoms with E-state index in [9.17, 15) is 4.79 Å². The van der Waals surface area contributed by atoms with E-state index in [-0.39, 0.29) is 11.1 Å². The van der Waals surface area contributed by atoms with Crippen molar-refractivity contribution in [3.63, 3.8) is 0 Å². The van der Waals surface area contributed by atoms with Crippen molar-refractivity contribution >= 4 is 33.6 Å². The SMILES string of the molecule is COc1cc(-c2nnc(SC(C(N)=O)c3cccc(Br)c3)o2)cc(OC)c1OC. The van der Waals surface area contributed by atoms with Gasteiger partial charge in [0.25, 0.3) is 5.22 Å². The molecule has 0 saturated heterocycles. The fraction of sp³-hybridized carbons (Fsp3) is 0.211. The van der Waals surface area contributed by atoms with Gasteiger partial charge in [0.05, 0.1) is 21.3 Å². The zero-order valence-corrected chi connectivity index (χ0v) is 18.2. The van der Waals surface area contributed by atoms with E-state index in [1.807, 2.05) is 24.3 Å². The van der Waals surface area contributed by atoms with Gasteiger partial charge in [0.2, 0.25) is 17.5 Å². The van der Waals surface area contributed by atoms with Gasteiger partial charge in [-0.25, -0.2) is 0 Å². The third kappa shape index (κ3) is 4.65. The molecule has 8 nitrogen and oxygen atoms in total. The van der Waals surface area contributed by atoms with Crippen molar-refractivity contribution in [2.75, 3.05) is 21.3 Å². The van der Waals surface area contributed by atoms with Gasteiger partial charge >= 0.3 is 0 Å². The van der Waals surface area contributed by atoms with E-state index in [2.05, 4.69) is 26.1 Å². The van der Waals surface area contributed by atoms with Gasteiger partial charge in [-0.15, -0.1) is 10.2 Å². The summed E-state index contributed by atoms with van der Waals surface area (Å²) in [5.41, 5.74) is 6.89. The molecule has 0 saturated carbocycles. The van der Waals surface area contributed by atoms with Crippen LogP contribution in [0.3, 0.4) is 0 Å². The Kier molecular flexibility index (Phi) is 6.65. The summed E-state index contributed by atoms with van der Waals surface area (Å²) in [6.07, 6.45) is 0. The van der Waals surface area contributed by atoms with Crippen LogP contribution in [0, 0.1) is 0 Å². The third-order valence-corrected chi connectivity index (χ3v) is 5.55. The first-order valence-corrected chi connectivity index (χ1v) is 9.99. The molecule has 0 spiro atoms. The smallest absolute Gasteiger partial charge is 0.277 e. The van der Waals surface area contributed by atoms with Crippen LogP contribution in [0.1, 0.15) is 10.8 Å². The maximum Gasteiger partial charge on any atom is 0.277 e. The summed E-state index contributed by atoms with van der Waals surface area (Å²) < 4.78 is 22.6. The summed E-state index contributed by atoms with van der Waals surface area (Å²) in [5, 5.41) is 7.62. The number of nitrogens with two attached hydrogens (primary N) is 1. The molecule has 29 heavy (non-hydrogen) atoms. The molecule has 1 unspecified atom stereocenters. The van der Waals surface area contributed by atoms with E-state index in [0.29, 0.717) is 22.8 Å². The summed E-state index contributed by atoms with van der Waals surface area (Å²) in [4.78, 5) is 12.0. The van der Waals surface area contributed by atoms with Gasteiger partial charge in [0.15, 0.2) is 11.5 Å². The molecule has 0 radical (unpaired) electrons. The fourth-order valence-electron chi connectivity index (χ4n) is 2.64. The number of aromatic nitrogens is 2. The molecule has 0 bridgehead atoms. The Morgan fingerprint density at radius 1 is 1.10 bits per heavy atom. The first-order valence-electron chi connectivity index (χ1n) is 8.32. The Hall–Kier alpha value is -2.72. The molecule has 152 valence electrons. The number of ether oxygens (including phenoxy) is 3. The van der Waals surface area contributed by atoms with Crippen LogP contribution in [0.5, 0.6) is 17.2 Å². The van der Waals surface area contributed by atoms with E-state index in [1.54, 1.807) is 12.1 Å². The molecule has 1 atom stereocenters. The lowest BCUT2D eigenvalue weighted by atomic mass is 10.1. The number of hydrogen-bond acceptors (Lipinski definition) is 8. The summed E-state index contributed by atoms with van der Waals surface area (Å²) in [5.74, 6) is 1.10. The van der Waals surface area contributed by atoms with E-state index < -0.39 is 11.2 Å². The van der Waals surface area contributed by atoms with Crippen molar-refractivity contribution in [1.82, 2.24) is 10.2 Å². The number of thioether (sulfide) groups is 1. The third-order valence-electron chi connectivity index (χ3n) is 3.95. The number of amides is 1. The topological polar surface area (TPSA) is 110 Å².